The molecule has 1 aromatic carbocycles. The Balaban J connectivity index is 2.38. The number of β-amino-alcohol motifs (C(OH)–C–C–N with tert-alkyl or cyclic N) is 1. The van der Waals surface area contributed by atoms with Crippen LogP contribution in [0.2, 0.25) is 0 Å². The van der Waals surface area contributed by atoms with Gasteiger partial charge in [0.25, 0.3) is 5.91 Å². The van der Waals surface area contributed by atoms with Crippen molar-refractivity contribution < 1.29 is 14.7 Å². The summed E-state index contributed by atoms with van der Waals surface area (Å²) in [5.41, 5.74) is 0.962. The van der Waals surface area contributed by atoms with Crippen molar-refractivity contribution in [3.8, 4) is 0 Å². The lowest BCUT2D eigenvalue weighted by Gasteiger charge is -2.26. The Labute approximate surface area is 125 Å². The van der Waals surface area contributed by atoms with E-state index in [0.29, 0.717) is 12.3 Å². The first-order valence-corrected chi connectivity index (χ1v) is 7.31. The van der Waals surface area contributed by atoms with Crippen LogP contribution in [-0.2, 0) is 10.3 Å². The Kier molecular flexibility index (Phi) is 4.32. The average molecular weight is 290 g/mol. The van der Waals surface area contributed by atoms with E-state index in [0.717, 1.165) is 10.5 Å². The molecule has 5 heteroatoms. The second-order valence-electron chi connectivity index (χ2n) is 5.65. The molecule has 1 aliphatic rings. The Hall–Kier alpha value is -1.88. The van der Waals surface area contributed by atoms with E-state index in [1.807, 2.05) is 31.2 Å². The number of imide groups is 1. The highest BCUT2D eigenvalue weighted by atomic mass is 16.3. The summed E-state index contributed by atoms with van der Waals surface area (Å²) in [7, 11) is 0. The van der Waals surface area contributed by atoms with Crippen LogP contribution in [-0.4, -0.2) is 35.1 Å². The van der Waals surface area contributed by atoms with Gasteiger partial charge in [0.1, 0.15) is 5.54 Å². The molecule has 1 aliphatic heterocycles. The zero-order valence-electron chi connectivity index (χ0n) is 12.7. The van der Waals surface area contributed by atoms with E-state index >= 15 is 0 Å². The second kappa shape index (κ2) is 5.85. The molecule has 1 unspecified atom stereocenters. The molecule has 0 aliphatic carbocycles. The van der Waals surface area contributed by atoms with Gasteiger partial charge >= 0.3 is 6.03 Å². The molecule has 5 nitrogen and oxygen atoms in total. The van der Waals surface area contributed by atoms with Gasteiger partial charge in [0.05, 0.1) is 13.2 Å². The first-order chi connectivity index (χ1) is 9.96. The van der Waals surface area contributed by atoms with Gasteiger partial charge in [0.15, 0.2) is 0 Å². The maximum absolute atomic E-state index is 12.6. The summed E-state index contributed by atoms with van der Waals surface area (Å²) in [4.78, 5) is 25.7. The monoisotopic (exact) mass is 290 g/mol. The van der Waals surface area contributed by atoms with Gasteiger partial charge < -0.3 is 10.4 Å². The summed E-state index contributed by atoms with van der Waals surface area (Å²) in [5.74, 6) is 0.123. The molecule has 1 atom stereocenters. The molecular weight excluding hydrogens is 268 g/mol. The van der Waals surface area contributed by atoms with Crippen LogP contribution in [0.5, 0.6) is 0 Å². The minimum atomic E-state index is -1.01. The molecule has 0 radical (unpaired) electrons. The van der Waals surface area contributed by atoms with E-state index in [-0.39, 0.29) is 19.1 Å². The van der Waals surface area contributed by atoms with E-state index in [1.165, 1.54) is 5.56 Å². The van der Waals surface area contributed by atoms with Crippen LogP contribution >= 0.6 is 0 Å². The number of hydrogen-bond acceptors (Lipinski definition) is 3. The molecule has 0 saturated carbocycles. The zero-order chi connectivity index (χ0) is 15.6. The second-order valence-corrected chi connectivity index (χ2v) is 5.65. The number of aliphatic hydroxyl groups is 1. The minimum Gasteiger partial charge on any atom is -0.395 e. The summed E-state index contributed by atoms with van der Waals surface area (Å²) in [6.45, 7) is 5.88. The number of amides is 3. The van der Waals surface area contributed by atoms with E-state index in [1.54, 1.807) is 0 Å². The van der Waals surface area contributed by atoms with Crippen LogP contribution in [0.25, 0.3) is 0 Å². The van der Waals surface area contributed by atoms with Gasteiger partial charge in [-0.1, -0.05) is 45.0 Å². The largest absolute Gasteiger partial charge is 0.395 e. The summed E-state index contributed by atoms with van der Waals surface area (Å²) in [6, 6.07) is 7.35. The predicted octanol–water partition coefficient (Wildman–Crippen LogP) is 1.96. The molecule has 114 valence electrons. The molecule has 1 saturated heterocycles. The third-order valence-corrected chi connectivity index (χ3v) is 4.10. The van der Waals surface area contributed by atoms with E-state index in [9.17, 15) is 9.59 Å². The van der Waals surface area contributed by atoms with Crippen LogP contribution in [0.1, 0.15) is 44.2 Å². The van der Waals surface area contributed by atoms with Crippen molar-refractivity contribution in [1.82, 2.24) is 10.2 Å². The molecule has 2 rings (SSSR count). The molecule has 0 spiro atoms. The smallest absolute Gasteiger partial charge is 0.325 e. The van der Waals surface area contributed by atoms with E-state index in [4.69, 9.17) is 5.11 Å². The van der Waals surface area contributed by atoms with Crippen molar-refractivity contribution in [2.45, 2.75) is 38.6 Å². The Morgan fingerprint density at radius 1 is 1.24 bits per heavy atom. The van der Waals surface area contributed by atoms with Crippen molar-refractivity contribution in [3.05, 3.63) is 35.4 Å². The van der Waals surface area contributed by atoms with Crippen LogP contribution in [0.3, 0.4) is 0 Å². The lowest BCUT2D eigenvalue weighted by atomic mass is 9.86. The Morgan fingerprint density at radius 2 is 1.86 bits per heavy atom. The van der Waals surface area contributed by atoms with Gasteiger partial charge in [-0.3, -0.25) is 9.69 Å². The first kappa shape index (κ1) is 15.5. The molecule has 21 heavy (non-hydrogen) atoms. The number of carbonyl (C=O) groups is 2. The van der Waals surface area contributed by atoms with Gasteiger partial charge in [-0.05, 0) is 23.5 Å². The van der Waals surface area contributed by atoms with Gasteiger partial charge in [-0.25, -0.2) is 4.79 Å². The van der Waals surface area contributed by atoms with Crippen molar-refractivity contribution in [2.24, 2.45) is 0 Å². The standard InChI is InChI=1S/C16H22N2O3/c1-4-16(13-7-5-12(6-8-13)11(2)3)14(20)18(9-10-19)15(21)17-16/h5-8,11,19H,4,9-10H2,1-3H3,(H,17,21). The molecule has 1 heterocycles. The van der Waals surface area contributed by atoms with Crippen molar-refractivity contribution >= 4 is 11.9 Å². The van der Waals surface area contributed by atoms with Gasteiger partial charge in [0.2, 0.25) is 0 Å². The zero-order valence-corrected chi connectivity index (χ0v) is 12.7. The fourth-order valence-corrected chi connectivity index (χ4v) is 2.72. The Bertz CT molecular complexity index is 539. The van der Waals surface area contributed by atoms with Gasteiger partial charge in [-0.2, -0.15) is 0 Å². The summed E-state index contributed by atoms with van der Waals surface area (Å²) >= 11 is 0. The number of hydrogen-bond donors (Lipinski definition) is 2. The highest BCUT2D eigenvalue weighted by molar-refractivity contribution is 6.07. The normalized spacial score (nSPS) is 22.0. The predicted molar refractivity (Wildman–Crippen MR) is 79.8 cm³/mol. The van der Waals surface area contributed by atoms with E-state index < -0.39 is 11.6 Å². The van der Waals surface area contributed by atoms with Crippen LogP contribution in [0, 0.1) is 0 Å². The van der Waals surface area contributed by atoms with Crippen LogP contribution < -0.4 is 5.32 Å². The number of nitrogens with one attached hydrogen (secondary N) is 1. The third kappa shape index (κ3) is 2.53. The number of benzene rings is 1. The number of urea groups is 1. The number of rotatable bonds is 5. The van der Waals surface area contributed by atoms with Crippen molar-refractivity contribution in [2.75, 3.05) is 13.2 Å². The van der Waals surface area contributed by atoms with Crippen molar-refractivity contribution in [3.63, 3.8) is 0 Å². The summed E-state index contributed by atoms with van der Waals surface area (Å²) < 4.78 is 0. The number of carbonyl (C=O) groups excluding carboxylic acids is 2. The van der Waals surface area contributed by atoms with Gasteiger partial charge in [-0.15, -0.1) is 0 Å². The molecule has 1 fully saturated rings. The molecule has 3 amide bonds. The molecule has 1 aromatic rings. The highest BCUT2D eigenvalue weighted by Crippen LogP contribution is 2.33. The number of nitrogens with zero attached hydrogens (tertiary/aromatic N) is 1. The fraction of sp³-hybridized carbons (Fsp3) is 0.500. The van der Waals surface area contributed by atoms with Crippen LogP contribution in [0.4, 0.5) is 4.79 Å². The quantitative estimate of drug-likeness (QED) is 0.814. The Morgan fingerprint density at radius 3 is 2.33 bits per heavy atom. The highest BCUT2D eigenvalue weighted by Gasteiger charge is 2.50. The minimum absolute atomic E-state index is 0.0243. The van der Waals surface area contributed by atoms with Crippen LogP contribution in [0.15, 0.2) is 24.3 Å². The lowest BCUT2D eigenvalue weighted by Crippen LogP contribution is -2.43. The topological polar surface area (TPSA) is 69.6 Å². The first-order valence-electron chi connectivity index (χ1n) is 7.31. The maximum Gasteiger partial charge on any atom is 0.325 e. The lowest BCUT2D eigenvalue weighted by molar-refractivity contribution is -0.132. The summed E-state index contributed by atoms with van der Waals surface area (Å²) in [6.07, 6.45) is 0.473. The van der Waals surface area contributed by atoms with Crippen molar-refractivity contribution in [1.29, 1.82) is 0 Å². The van der Waals surface area contributed by atoms with Gasteiger partial charge in [0, 0.05) is 0 Å². The molecule has 0 aromatic heterocycles. The fourth-order valence-electron chi connectivity index (χ4n) is 2.72. The molecule has 0 bridgehead atoms. The SMILES string of the molecule is CCC1(c2ccc(C(C)C)cc2)NC(=O)N(CCO)C1=O. The molecular formula is C16H22N2O3. The molecule has 2 N–H and O–H groups in total. The third-order valence-electron chi connectivity index (χ3n) is 4.10. The summed E-state index contributed by atoms with van der Waals surface area (Å²) in [5, 5.41) is 11.8. The van der Waals surface area contributed by atoms with E-state index in [2.05, 4.69) is 19.2 Å². The maximum atomic E-state index is 12.6. The average Bonchev–Trinajstić information content (AvgIpc) is 2.73. The number of aliphatic hydroxyl groups excluding tert-OH is 1.